The normalized spacial score (nSPS) is 21.0. The Morgan fingerprint density at radius 3 is 2.71 bits per heavy atom. The molecular weight excluding hydrogens is 395 g/mol. The first kappa shape index (κ1) is 21.0. The highest BCUT2D eigenvalue weighted by atomic mass is 35.5. The minimum absolute atomic E-state index is 0. The van der Waals surface area contributed by atoms with E-state index in [0.29, 0.717) is 30.1 Å². The van der Waals surface area contributed by atoms with E-state index in [1.807, 2.05) is 48.5 Å². The average Bonchev–Trinajstić information content (AvgIpc) is 2.93. The van der Waals surface area contributed by atoms with Gasteiger partial charge in [0.05, 0.1) is 6.42 Å². The van der Waals surface area contributed by atoms with Crippen molar-refractivity contribution < 1.29 is 9.53 Å². The first-order chi connectivity index (χ1) is 13.2. The van der Waals surface area contributed by atoms with Gasteiger partial charge in [-0.1, -0.05) is 35.9 Å². The van der Waals surface area contributed by atoms with Gasteiger partial charge in [-0.2, -0.15) is 0 Å². The molecule has 2 heterocycles. The van der Waals surface area contributed by atoms with Gasteiger partial charge in [0, 0.05) is 23.7 Å². The molecule has 2 aliphatic heterocycles. The maximum Gasteiger partial charge on any atom is 0.227 e. The van der Waals surface area contributed by atoms with Gasteiger partial charge in [0.15, 0.2) is 0 Å². The summed E-state index contributed by atoms with van der Waals surface area (Å²) in [7, 11) is 0. The molecule has 2 fully saturated rings. The van der Waals surface area contributed by atoms with Crippen molar-refractivity contribution >= 4 is 29.9 Å². The van der Waals surface area contributed by atoms with Crippen molar-refractivity contribution in [3.63, 3.8) is 0 Å². The third-order valence-corrected chi connectivity index (χ3v) is 5.73. The SMILES string of the molecule is Cl.O=C(Cc1cccc(OCc2cccc(Cl)c2)c1)N1C2CCNCC1CC2. The van der Waals surface area contributed by atoms with Gasteiger partial charge in [0.2, 0.25) is 5.91 Å². The Morgan fingerprint density at radius 1 is 1.07 bits per heavy atom. The summed E-state index contributed by atoms with van der Waals surface area (Å²) in [5.74, 6) is 1.01. The first-order valence-corrected chi connectivity index (χ1v) is 10.0. The van der Waals surface area contributed by atoms with E-state index in [9.17, 15) is 4.79 Å². The van der Waals surface area contributed by atoms with Gasteiger partial charge in [-0.15, -0.1) is 12.4 Å². The number of fused-ring (bicyclic) bond motifs is 2. The van der Waals surface area contributed by atoms with Crippen LogP contribution in [0.25, 0.3) is 0 Å². The number of ether oxygens (including phenoxy) is 1. The molecular formula is C22H26Cl2N2O2. The molecule has 2 aromatic rings. The van der Waals surface area contributed by atoms with Crippen molar-refractivity contribution in [3.8, 4) is 5.75 Å². The monoisotopic (exact) mass is 420 g/mol. The lowest BCUT2D eigenvalue weighted by Gasteiger charge is -2.28. The predicted octanol–water partition coefficient (Wildman–Crippen LogP) is 4.24. The van der Waals surface area contributed by atoms with Crippen molar-refractivity contribution in [3.05, 3.63) is 64.7 Å². The molecule has 28 heavy (non-hydrogen) atoms. The van der Waals surface area contributed by atoms with E-state index in [4.69, 9.17) is 16.3 Å². The summed E-state index contributed by atoms with van der Waals surface area (Å²) in [5.41, 5.74) is 2.03. The molecule has 4 rings (SSSR count). The van der Waals surface area contributed by atoms with Crippen LogP contribution < -0.4 is 10.1 Å². The van der Waals surface area contributed by atoms with E-state index in [-0.39, 0.29) is 18.3 Å². The van der Waals surface area contributed by atoms with E-state index < -0.39 is 0 Å². The number of nitrogens with zero attached hydrogens (tertiary/aromatic N) is 1. The fourth-order valence-electron chi connectivity index (χ4n) is 4.19. The zero-order chi connectivity index (χ0) is 18.6. The summed E-state index contributed by atoms with van der Waals surface area (Å²) in [6.07, 6.45) is 3.75. The molecule has 0 aliphatic carbocycles. The molecule has 0 spiro atoms. The smallest absolute Gasteiger partial charge is 0.227 e. The molecule has 4 nitrogen and oxygen atoms in total. The summed E-state index contributed by atoms with van der Waals surface area (Å²) in [4.78, 5) is 15.1. The lowest BCUT2D eigenvalue weighted by Crippen LogP contribution is -2.43. The van der Waals surface area contributed by atoms with Crippen molar-refractivity contribution in [2.24, 2.45) is 0 Å². The molecule has 2 unspecified atom stereocenters. The van der Waals surface area contributed by atoms with Gasteiger partial charge in [-0.3, -0.25) is 4.79 Å². The molecule has 2 saturated heterocycles. The standard InChI is InChI=1S/C22H25ClN2O2.ClH/c23-18-5-1-4-17(11-18)15-27-21-6-2-3-16(12-21)13-22(26)25-19-7-8-20(25)14-24-10-9-19;/h1-6,11-12,19-20,24H,7-10,13-15H2;1H. The molecule has 6 heteroatoms. The van der Waals surface area contributed by atoms with E-state index in [1.54, 1.807) is 0 Å². The Bertz CT molecular complexity index is 801. The molecule has 1 amide bonds. The van der Waals surface area contributed by atoms with Crippen molar-refractivity contribution in [2.45, 2.75) is 44.4 Å². The van der Waals surface area contributed by atoms with Crippen LogP contribution in [0.15, 0.2) is 48.5 Å². The second-order valence-electron chi connectivity index (χ2n) is 7.42. The predicted molar refractivity (Wildman–Crippen MR) is 114 cm³/mol. The zero-order valence-corrected chi connectivity index (χ0v) is 17.3. The summed E-state index contributed by atoms with van der Waals surface area (Å²) in [6.45, 7) is 2.39. The zero-order valence-electron chi connectivity index (χ0n) is 15.8. The molecule has 2 bridgehead atoms. The van der Waals surface area contributed by atoms with Crippen LogP contribution in [-0.2, 0) is 17.8 Å². The molecule has 0 radical (unpaired) electrons. The number of halogens is 2. The average molecular weight is 421 g/mol. The summed E-state index contributed by atoms with van der Waals surface area (Å²) < 4.78 is 5.90. The van der Waals surface area contributed by atoms with Gasteiger partial charge in [0.1, 0.15) is 12.4 Å². The number of hydrogen-bond donors (Lipinski definition) is 1. The number of nitrogens with one attached hydrogen (secondary N) is 1. The summed E-state index contributed by atoms with van der Waals surface area (Å²) >= 11 is 6.02. The molecule has 0 aromatic heterocycles. The van der Waals surface area contributed by atoms with Gasteiger partial charge < -0.3 is 15.0 Å². The van der Waals surface area contributed by atoms with Crippen LogP contribution in [0, 0.1) is 0 Å². The molecule has 2 atom stereocenters. The highest BCUT2D eigenvalue weighted by Crippen LogP contribution is 2.29. The Hall–Kier alpha value is -1.75. The molecule has 0 saturated carbocycles. The van der Waals surface area contributed by atoms with Crippen molar-refractivity contribution in [1.82, 2.24) is 10.2 Å². The van der Waals surface area contributed by atoms with Gasteiger partial charge in [0.25, 0.3) is 0 Å². The Labute approximate surface area is 177 Å². The lowest BCUT2D eigenvalue weighted by atomic mass is 10.1. The summed E-state index contributed by atoms with van der Waals surface area (Å²) in [6, 6.07) is 16.3. The Kier molecular flexibility index (Phi) is 7.22. The number of hydrogen-bond acceptors (Lipinski definition) is 3. The van der Waals surface area contributed by atoms with E-state index in [2.05, 4.69) is 10.2 Å². The highest BCUT2D eigenvalue weighted by Gasteiger charge is 2.37. The van der Waals surface area contributed by atoms with E-state index in [1.165, 1.54) is 0 Å². The van der Waals surface area contributed by atoms with Crippen molar-refractivity contribution in [2.75, 3.05) is 13.1 Å². The summed E-state index contributed by atoms with van der Waals surface area (Å²) in [5, 5.41) is 4.16. The van der Waals surface area contributed by atoms with Crippen molar-refractivity contribution in [1.29, 1.82) is 0 Å². The first-order valence-electron chi connectivity index (χ1n) is 9.67. The maximum absolute atomic E-state index is 13.0. The van der Waals surface area contributed by atoms with Crippen LogP contribution in [0.3, 0.4) is 0 Å². The second-order valence-corrected chi connectivity index (χ2v) is 7.86. The van der Waals surface area contributed by atoms with Crippen LogP contribution >= 0.6 is 24.0 Å². The topological polar surface area (TPSA) is 41.6 Å². The Balaban J connectivity index is 0.00000225. The van der Waals surface area contributed by atoms with Gasteiger partial charge in [-0.05, 0) is 61.2 Å². The lowest BCUT2D eigenvalue weighted by molar-refractivity contribution is -0.133. The van der Waals surface area contributed by atoms with Crippen LogP contribution in [0.2, 0.25) is 5.02 Å². The van der Waals surface area contributed by atoms with Crippen LogP contribution in [0.4, 0.5) is 0 Å². The third kappa shape index (κ3) is 4.99. The third-order valence-electron chi connectivity index (χ3n) is 5.49. The van der Waals surface area contributed by atoms with E-state index in [0.717, 1.165) is 49.2 Å². The van der Waals surface area contributed by atoms with Crippen LogP contribution in [-0.4, -0.2) is 36.0 Å². The number of rotatable bonds is 5. The number of carbonyl (C=O) groups excluding carboxylic acids is 1. The minimum Gasteiger partial charge on any atom is -0.489 e. The fraction of sp³-hybridized carbons (Fsp3) is 0.409. The van der Waals surface area contributed by atoms with Gasteiger partial charge >= 0.3 is 0 Å². The fourth-order valence-corrected chi connectivity index (χ4v) is 4.41. The minimum atomic E-state index is 0. The molecule has 1 N–H and O–H groups in total. The maximum atomic E-state index is 13.0. The largest absolute Gasteiger partial charge is 0.489 e. The van der Waals surface area contributed by atoms with E-state index >= 15 is 0 Å². The molecule has 2 aromatic carbocycles. The number of carbonyl (C=O) groups is 1. The van der Waals surface area contributed by atoms with Gasteiger partial charge in [-0.25, -0.2) is 0 Å². The van der Waals surface area contributed by atoms with Crippen LogP contribution in [0.1, 0.15) is 30.4 Å². The molecule has 150 valence electrons. The number of amides is 1. The second kappa shape index (κ2) is 9.64. The Morgan fingerprint density at radius 2 is 1.86 bits per heavy atom. The quantitative estimate of drug-likeness (QED) is 0.786. The number of benzene rings is 2. The molecule has 2 aliphatic rings. The highest BCUT2D eigenvalue weighted by molar-refractivity contribution is 6.30. The van der Waals surface area contributed by atoms with Crippen LogP contribution in [0.5, 0.6) is 5.75 Å².